The van der Waals surface area contributed by atoms with Gasteiger partial charge in [-0.05, 0) is 192 Å². The molecule has 0 spiro atoms. The van der Waals surface area contributed by atoms with Crippen molar-refractivity contribution in [3.8, 4) is 45.6 Å². The van der Waals surface area contributed by atoms with Crippen molar-refractivity contribution in [2.75, 3.05) is 14.2 Å². The predicted octanol–water partition coefficient (Wildman–Crippen LogP) is 15.5. The van der Waals surface area contributed by atoms with Crippen molar-refractivity contribution in [3.05, 3.63) is 264 Å². The first kappa shape index (κ1) is 99.0. The molecule has 0 N–H and O–H groups in total. The molecule has 9 aliphatic rings. The lowest BCUT2D eigenvalue weighted by Gasteiger charge is -2.69. The van der Waals surface area contributed by atoms with Gasteiger partial charge in [-0.1, -0.05) is 97.6 Å². The van der Waals surface area contributed by atoms with Gasteiger partial charge in [-0.25, -0.2) is 24.9 Å². The number of esters is 5. The van der Waals surface area contributed by atoms with Gasteiger partial charge >= 0.3 is 29.8 Å². The fraction of sp³-hybridized carbons (Fsp3) is 0.374. The average molecular weight is 1980 g/mol. The highest BCUT2D eigenvalue weighted by Gasteiger charge is 2.72. The summed E-state index contributed by atoms with van der Waals surface area (Å²) in [5.74, 6) is -1.78. The average Bonchev–Trinajstić information content (AvgIpc) is 0.913. The number of carbonyl (C=O) groups excluding carboxylic acids is 9. The molecule has 13 aromatic heterocycles. The third-order valence-electron chi connectivity index (χ3n) is 26.7. The van der Waals surface area contributed by atoms with Gasteiger partial charge in [-0.3, -0.25) is 81.8 Å². The minimum atomic E-state index is -0.605. The topological polar surface area (TPSA) is 448 Å². The first-order valence-electron chi connectivity index (χ1n) is 45.0. The number of hydrogen-bond acceptors (Lipinski definition) is 32. The zero-order chi connectivity index (χ0) is 99.3. The Morgan fingerprint density at radius 2 is 0.671 bits per heavy atom. The van der Waals surface area contributed by atoms with E-state index in [1.54, 1.807) is 197 Å². The molecule has 0 unspecified atom stereocenters. The maximum Gasteiger partial charge on any atom is 0.312 e. The number of Topliss-reactive ketones (excluding diaryl/α,β-unsaturated/α-hetero) is 4. The Morgan fingerprint density at radius 3 is 0.929 bits per heavy atom. The van der Waals surface area contributed by atoms with Crippen LogP contribution in [0, 0.1) is 33.5 Å². The lowest BCUT2D eigenvalue weighted by atomic mass is 9.34. The number of aryl methyl sites for hydroxylation is 4. The van der Waals surface area contributed by atoms with Crippen LogP contribution in [0.3, 0.4) is 0 Å². The van der Waals surface area contributed by atoms with Crippen LogP contribution in [0.25, 0.3) is 45.6 Å². The van der Waals surface area contributed by atoms with E-state index in [0.29, 0.717) is 167 Å². The standard InChI is InChI=1S/C26H26ClN5O5.C25H26ClN5O4.C24H20ClFN6O3.C24H24ClN5O3/c1-15(17-5-4-8-28-23(17)27)37-21(34)9-19-22(30-31-32(19)2)18-7-6-16(11-29-18)20(33)10-25-12-26(13-25,14-25)24(35)36-3;1-15(17-5-4-8-27-23(17)26)35-21(33)9-19-22(29-30-31(19)2)18-7-6-16(11-28-18)20(32)10-24-12-25(13-24,14-24)34-3;1-14(17-4-3-9-27-24(17)25)35-22(34)11-19-23(30-31-32(19)2)18-7-6-16(13-28-18)20(33)10-15-5-8-21(26)29-12-15;1-14(17-4-3-7-26-23(17)25)33-21(32)8-19-22(28-29-30(19)2)18-6-5-16(13-27-18)20(31)12-24-9-15(10-24)11-24/h4-8,11,15H,9-10,12-14H2,1-3H3;4-8,11,15H,9-10,12-14H2,1-3H3;3-9,12-14H,10-11H2,1-2H3;3-7,13-15H,8-12H2,1-2H3/t15-,25?,26?;15-,24?,25?;14-;14-,15?,24?/m1111/s1. The maximum absolute atomic E-state index is 13.0. The van der Waals surface area contributed by atoms with Gasteiger partial charge < -0.3 is 28.4 Å². The lowest BCUT2D eigenvalue weighted by molar-refractivity contribution is -0.271. The Morgan fingerprint density at radius 1 is 0.371 bits per heavy atom. The monoisotopic (exact) mass is 1980 g/mol. The SMILES string of the molecule is COC(=O)C12CC(CC(=O)c3ccc(-c4nnn(C)c4CC(=O)O[C@H](C)c4cccnc4Cl)nc3)(C1)C2.COC12CC(CC(=O)c3ccc(-c4nnn(C)c4CC(=O)O[C@H](C)c4cccnc4Cl)nc3)(C1)C2.C[C@@H](OC(=O)Cc1c(-c2ccc(C(=O)CC34CC(C3)C4)cn2)nnn1C)c1cccnc1Cl.C[C@@H](OC(=O)Cc1c(-c2ccc(C(=O)Cc3ccc(F)nc3)cn2)nnn1C)c1cccnc1Cl. The van der Waals surface area contributed by atoms with E-state index in [0.717, 1.165) is 25.2 Å². The highest BCUT2D eigenvalue weighted by Crippen LogP contribution is 2.75. The van der Waals surface area contributed by atoms with Crippen molar-refractivity contribution in [1.29, 1.82) is 0 Å². The second kappa shape index (κ2) is 41.6. The Balaban J connectivity index is 0.000000135. The summed E-state index contributed by atoms with van der Waals surface area (Å²) >= 11 is 24.4. The third kappa shape index (κ3) is 21.8. The molecule has 0 aliphatic heterocycles. The molecule has 0 saturated heterocycles. The van der Waals surface area contributed by atoms with Crippen LogP contribution in [-0.4, -0.2) is 178 Å². The largest absolute Gasteiger partial charge is 0.469 e. The molecule has 0 amide bonds. The van der Waals surface area contributed by atoms with Crippen LogP contribution in [0.2, 0.25) is 20.6 Å². The number of rotatable bonds is 34. The molecule has 9 saturated carbocycles. The zero-order valence-corrected chi connectivity index (χ0v) is 80.9. The Bertz CT molecular complexity index is 6830. The second-order valence-corrected chi connectivity index (χ2v) is 38.1. The molecule has 722 valence electrons. The van der Waals surface area contributed by atoms with Gasteiger partial charge in [-0.2, -0.15) is 4.39 Å². The van der Waals surface area contributed by atoms with Gasteiger partial charge in [0.15, 0.2) is 23.1 Å². The summed E-state index contributed by atoms with van der Waals surface area (Å²) in [5.41, 5.74) is 11.0. The molecule has 0 aromatic carbocycles. The van der Waals surface area contributed by atoms with Gasteiger partial charge in [0.1, 0.15) is 67.8 Å². The highest BCUT2D eigenvalue weighted by molar-refractivity contribution is 6.31. The van der Waals surface area contributed by atoms with Gasteiger partial charge in [0.05, 0.1) is 89.4 Å². The van der Waals surface area contributed by atoms with Crippen molar-refractivity contribution in [1.82, 2.24) is 105 Å². The van der Waals surface area contributed by atoms with Crippen LogP contribution < -0.4 is 0 Å². The molecule has 4 atom stereocenters. The van der Waals surface area contributed by atoms with Crippen molar-refractivity contribution in [2.45, 2.75) is 167 Å². The van der Waals surface area contributed by atoms with Crippen molar-refractivity contribution in [3.63, 3.8) is 0 Å². The molecule has 140 heavy (non-hydrogen) atoms. The number of halogens is 5. The maximum atomic E-state index is 13.0. The van der Waals surface area contributed by atoms with Gasteiger partial charge in [0, 0.05) is 161 Å². The molecule has 0 radical (unpaired) electrons. The predicted molar refractivity (Wildman–Crippen MR) is 502 cm³/mol. The number of pyridine rings is 9. The van der Waals surface area contributed by atoms with Crippen molar-refractivity contribution >= 4 is 99.4 Å². The Hall–Kier alpha value is -14.0. The summed E-state index contributed by atoms with van der Waals surface area (Å²) in [6.07, 6.45) is 21.3. The van der Waals surface area contributed by atoms with E-state index >= 15 is 0 Å². The summed E-state index contributed by atoms with van der Waals surface area (Å²) in [6.45, 7) is 6.92. The molecule has 36 nitrogen and oxygen atoms in total. The number of aromatic nitrogens is 21. The van der Waals surface area contributed by atoms with E-state index in [-0.39, 0.29) is 98.8 Å². The molecule has 41 heteroatoms. The summed E-state index contributed by atoms with van der Waals surface area (Å²) < 4.78 is 51.6. The third-order valence-corrected chi connectivity index (χ3v) is 27.9. The summed E-state index contributed by atoms with van der Waals surface area (Å²) in [4.78, 5) is 151. The van der Waals surface area contributed by atoms with Gasteiger partial charge in [0.2, 0.25) is 5.95 Å². The minimum absolute atomic E-state index is 0.0109. The quantitative estimate of drug-likeness (QED) is 0.0156. The Labute approximate surface area is 822 Å². The molecule has 6 bridgehead atoms. The normalized spacial score (nSPS) is 19.8. The van der Waals surface area contributed by atoms with E-state index in [4.69, 9.17) is 74.8 Å². The smallest absolute Gasteiger partial charge is 0.312 e. The molecule has 13 heterocycles. The van der Waals surface area contributed by atoms with E-state index < -0.39 is 54.2 Å². The van der Waals surface area contributed by atoms with Crippen LogP contribution in [-0.2, 0) is 113 Å². The van der Waals surface area contributed by atoms with Gasteiger partial charge in [-0.15, -0.1) is 20.4 Å². The van der Waals surface area contributed by atoms with Gasteiger partial charge in [0.25, 0.3) is 0 Å². The summed E-state index contributed by atoms with van der Waals surface area (Å²) in [6, 6.07) is 30.3. The van der Waals surface area contributed by atoms with E-state index in [2.05, 4.69) is 86.1 Å². The van der Waals surface area contributed by atoms with Crippen LogP contribution in [0.15, 0.2) is 165 Å². The van der Waals surface area contributed by atoms with E-state index in [1.165, 1.54) is 75.8 Å². The summed E-state index contributed by atoms with van der Waals surface area (Å²) in [7, 11) is 9.90. The first-order chi connectivity index (χ1) is 67.0. The molecular weight excluding hydrogens is 1880 g/mol. The molecule has 9 fully saturated rings. The minimum Gasteiger partial charge on any atom is -0.469 e. The summed E-state index contributed by atoms with van der Waals surface area (Å²) in [5, 5.41) is 33.9. The molecular formula is C99H96Cl4FN21O15. The van der Waals surface area contributed by atoms with E-state index in [9.17, 15) is 47.5 Å². The lowest BCUT2D eigenvalue weighted by Crippen LogP contribution is -2.68. The molecule has 22 rings (SSSR count). The number of carbonyl (C=O) groups is 9. The first-order valence-corrected chi connectivity index (χ1v) is 46.5. The van der Waals surface area contributed by atoms with Crippen LogP contribution in [0.4, 0.5) is 4.39 Å². The highest BCUT2D eigenvalue weighted by atomic mass is 35.5. The second-order valence-electron chi connectivity index (χ2n) is 36.6. The fourth-order valence-electron chi connectivity index (χ4n) is 19.4. The number of methoxy groups -OCH3 is 2. The van der Waals surface area contributed by atoms with Crippen molar-refractivity contribution < 1.29 is 76.0 Å². The van der Waals surface area contributed by atoms with Crippen LogP contribution in [0.1, 0.15) is 221 Å². The fourth-order valence-corrected chi connectivity index (χ4v) is 20.5. The molecule has 13 aromatic rings. The number of ether oxygens (including phenoxy) is 6. The Kier molecular flexibility index (Phi) is 29.4. The molecule has 9 aliphatic carbocycles. The number of hydrogen-bond donors (Lipinski definition) is 0. The zero-order valence-electron chi connectivity index (χ0n) is 77.9. The van der Waals surface area contributed by atoms with Crippen LogP contribution in [0.5, 0.6) is 0 Å². The van der Waals surface area contributed by atoms with Crippen molar-refractivity contribution in [2.24, 2.45) is 55.8 Å². The number of nitrogens with zero attached hydrogens (tertiary/aromatic N) is 21. The number of ketones is 4. The van der Waals surface area contributed by atoms with E-state index in [1.807, 2.05) is 0 Å². The van der Waals surface area contributed by atoms with Crippen LogP contribution >= 0.6 is 46.4 Å².